The van der Waals surface area contributed by atoms with Crippen molar-refractivity contribution in [2.75, 3.05) is 37.7 Å². The first-order chi connectivity index (χ1) is 15.5. The van der Waals surface area contributed by atoms with Gasteiger partial charge in [0.1, 0.15) is 5.72 Å². The Hall–Kier alpha value is -2.42. The number of likely N-dealkylation sites (tertiary alicyclic amines) is 1. The first-order valence-electron chi connectivity index (χ1n) is 11.3. The van der Waals surface area contributed by atoms with Crippen LogP contribution < -0.4 is 4.90 Å². The lowest BCUT2D eigenvalue weighted by molar-refractivity contribution is -0.0842. The zero-order chi connectivity index (χ0) is 22.2. The van der Waals surface area contributed by atoms with Gasteiger partial charge in [0.2, 0.25) is 10.0 Å². The second kappa shape index (κ2) is 8.50. The number of hydrogen-bond donors (Lipinski definition) is 0. The minimum Gasteiger partial charge on any atom is -0.358 e. The molecule has 0 aromatic heterocycles. The van der Waals surface area contributed by atoms with Crippen molar-refractivity contribution < 1.29 is 17.9 Å². The van der Waals surface area contributed by atoms with E-state index in [1.54, 1.807) is 30.3 Å². The molecule has 5 rings (SSSR count). The molecule has 2 aromatic carbocycles. The smallest absolute Gasteiger partial charge is 0.324 e. The van der Waals surface area contributed by atoms with E-state index in [9.17, 15) is 13.2 Å². The largest absolute Gasteiger partial charge is 0.358 e. The summed E-state index contributed by atoms with van der Waals surface area (Å²) in [6, 6.07) is 18.3. The van der Waals surface area contributed by atoms with Crippen LogP contribution in [0.4, 0.5) is 10.5 Å². The Morgan fingerprint density at radius 2 is 1.59 bits per heavy atom. The molecule has 3 fully saturated rings. The maximum Gasteiger partial charge on any atom is 0.324 e. The summed E-state index contributed by atoms with van der Waals surface area (Å²) in [7, 11) is -3.66. The summed E-state index contributed by atoms with van der Waals surface area (Å²) in [5.41, 5.74) is 0.0366. The fraction of sp³-hybridized carbons (Fsp3) is 0.458. The van der Waals surface area contributed by atoms with Gasteiger partial charge < -0.3 is 9.64 Å². The van der Waals surface area contributed by atoms with E-state index in [0.29, 0.717) is 45.0 Å². The Kier molecular flexibility index (Phi) is 5.69. The van der Waals surface area contributed by atoms with Crippen molar-refractivity contribution in [1.29, 1.82) is 0 Å². The van der Waals surface area contributed by atoms with E-state index in [0.717, 1.165) is 12.2 Å². The van der Waals surface area contributed by atoms with E-state index < -0.39 is 15.7 Å². The van der Waals surface area contributed by atoms with Crippen LogP contribution in [0.3, 0.4) is 0 Å². The van der Waals surface area contributed by atoms with Crippen molar-refractivity contribution >= 4 is 21.7 Å². The Balaban J connectivity index is 1.32. The molecular formula is C24H29N3O4S. The molecule has 1 aliphatic carbocycles. The van der Waals surface area contributed by atoms with Crippen LogP contribution in [-0.2, 0) is 14.8 Å². The minimum absolute atomic E-state index is 0.00610. The maximum atomic E-state index is 13.4. The van der Waals surface area contributed by atoms with Crippen molar-refractivity contribution in [1.82, 2.24) is 9.21 Å². The van der Waals surface area contributed by atoms with Crippen molar-refractivity contribution in [2.45, 2.75) is 36.3 Å². The van der Waals surface area contributed by atoms with Crippen LogP contribution in [0.2, 0.25) is 0 Å². The van der Waals surface area contributed by atoms with Crippen LogP contribution >= 0.6 is 0 Å². The van der Waals surface area contributed by atoms with Gasteiger partial charge in [0.05, 0.1) is 11.5 Å². The molecule has 0 atom stereocenters. The molecule has 2 heterocycles. The Morgan fingerprint density at radius 1 is 0.969 bits per heavy atom. The third kappa shape index (κ3) is 4.02. The monoisotopic (exact) mass is 455 g/mol. The lowest BCUT2D eigenvalue weighted by atomic mass is 10.0. The number of ether oxygens (including phenoxy) is 1. The molecule has 0 bridgehead atoms. The summed E-state index contributed by atoms with van der Waals surface area (Å²) in [5, 5.41) is 0. The summed E-state index contributed by atoms with van der Waals surface area (Å²) < 4.78 is 34.2. The number of anilines is 1. The van der Waals surface area contributed by atoms with E-state index in [-0.39, 0.29) is 10.9 Å². The Bertz CT molecular complexity index is 1050. The molecule has 170 valence electrons. The number of carbonyl (C=O) groups is 1. The molecular weight excluding hydrogens is 426 g/mol. The molecule has 0 radical (unpaired) electrons. The number of amides is 2. The van der Waals surface area contributed by atoms with Gasteiger partial charge in [-0.1, -0.05) is 36.4 Å². The van der Waals surface area contributed by atoms with Crippen molar-refractivity contribution in [3.8, 4) is 0 Å². The number of piperidine rings is 1. The lowest BCUT2D eigenvalue weighted by Gasteiger charge is -2.43. The van der Waals surface area contributed by atoms with E-state index in [1.807, 2.05) is 40.1 Å². The van der Waals surface area contributed by atoms with Gasteiger partial charge >= 0.3 is 6.03 Å². The highest BCUT2D eigenvalue weighted by Gasteiger charge is 2.51. The van der Waals surface area contributed by atoms with Gasteiger partial charge in [0.15, 0.2) is 0 Å². The normalized spacial score (nSPS) is 21.1. The molecule has 8 heteroatoms. The zero-order valence-electron chi connectivity index (χ0n) is 18.1. The Morgan fingerprint density at radius 3 is 2.22 bits per heavy atom. The fourth-order valence-corrected chi connectivity index (χ4v) is 6.47. The van der Waals surface area contributed by atoms with E-state index in [1.165, 1.54) is 17.1 Å². The number of benzene rings is 2. The fourth-order valence-electron chi connectivity index (χ4n) is 4.73. The molecule has 0 N–H and O–H groups in total. The molecule has 2 aliphatic heterocycles. The zero-order valence-corrected chi connectivity index (χ0v) is 18.9. The predicted octanol–water partition coefficient (Wildman–Crippen LogP) is 3.54. The summed E-state index contributed by atoms with van der Waals surface area (Å²) in [4.78, 5) is 17.4. The topological polar surface area (TPSA) is 70.2 Å². The van der Waals surface area contributed by atoms with Crippen molar-refractivity contribution in [2.24, 2.45) is 5.92 Å². The average Bonchev–Trinajstić information content (AvgIpc) is 3.57. The van der Waals surface area contributed by atoms with E-state index in [2.05, 4.69) is 0 Å². The third-order valence-corrected chi connectivity index (χ3v) is 8.67. The van der Waals surface area contributed by atoms with Gasteiger partial charge in [-0.25, -0.2) is 13.2 Å². The van der Waals surface area contributed by atoms with Gasteiger partial charge in [-0.3, -0.25) is 4.90 Å². The first-order valence-corrected chi connectivity index (χ1v) is 12.8. The van der Waals surface area contributed by atoms with Gasteiger partial charge in [-0.05, 0) is 43.0 Å². The third-order valence-electron chi connectivity index (χ3n) is 6.70. The summed E-state index contributed by atoms with van der Waals surface area (Å²) in [6.07, 6.45) is 3.27. The molecule has 2 aromatic rings. The number of sulfonamides is 1. The molecule has 1 spiro atoms. The van der Waals surface area contributed by atoms with Crippen LogP contribution in [0, 0.1) is 5.92 Å². The van der Waals surface area contributed by atoms with Gasteiger partial charge in [-0.15, -0.1) is 0 Å². The summed E-state index contributed by atoms with van der Waals surface area (Å²) in [6.45, 7) is 2.37. The summed E-state index contributed by atoms with van der Waals surface area (Å²) in [5.74, 6) is 0.569. The quantitative estimate of drug-likeness (QED) is 0.692. The molecule has 1 saturated carbocycles. The van der Waals surface area contributed by atoms with Crippen LogP contribution in [0.5, 0.6) is 0 Å². The highest BCUT2D eigenvalue weighted by atomic mass is 32.2. The van der Waals surface area contributed by atoms with Crippen molar-refractivity contribution in [3.05, 3.63) is 60.7 Å². The number of nitrogens with zero attached hydrogens (tertiary/aromatic N) is 3. The lowest BCUT2D eigenvalue weighted by Crippen LogP contribution is -2.57. The van der Waals surface area contributed by atoms with E-state index >= 15 is 0 Å². The average molecular weight is 456 g/mol. The first kappa shape index (κ1) is 21.4. The second-order valence-electron chi connectivity index (χ2n) is 8.84. The molecule has 2 amide bonds. The van der Waals surface area contributed by atoms with Crippen LogP contribution in [0.15, 0.2) is 65.6 Å². The van der Waals surface area contributed by atoms with Gasteiger partial charge in [-0.2, -0.15) is 4.31 Å². The van der Waals surface area contributed by atoms with Crippen LogP contribution in [0.25, 0.3) is 0 Å². The van der Waals surface area contributed by atoms with Crippen LogP contribution in [-0.4, -0.2) is 62.2 Å². The second-order valence-corrected chi connectivity index (χ2v) is 10.7. The molecule has 3 aliphatic rings. The SMILES string of the molecule is O=C(N1CCC2(CC1)OCCN2S(=O)(=O)c1ccccc1)N(CC1CC1)c1ccccc1. The standard InChI is InChI=1S/C24H29N3O4S/c28-23(26(19-20-11-12-20)21-7-3-1-4-8-21)25-15-13-24(14-16-25)27(17-18-31-24)32(29,30)22-9-5-2-6-10-22/h1-10,20H,11-19H2. The summed E-state index contributed by atoms with van der Waals surface area (Å²) >= 11 is 0. The number of rotatable bonds is 5. The molecule has 0 unspecified atom stereocenters. The highest BCUT2D eigenvalue weighted by Crippen LogP contribution is 2.39. The number of hydrogen-bond acceptors (Lipinski definition) is 4. The Labute approximate surface area is 189 Å². The minimum atomic E-state index is -3.66. The maximum absolute atomic E-state index is 13.4. The number of para-hydroxylation sites is 1. The highest BCUT2D eigenvalue weighted by molar-refractivity contribution is 7.89. The van der Waals surface area contributed by atoms with Crippen molar-refractivity contribution in [3.63, 3.8) is 0 Å². The van der Waals surface area contributed by atoms with E-state index in [4.69, 9.17) is 4.74 Å². The molecule has 32 heavy (non-hydrogen) atoms. The van der Waals surface area contributed by atoms with Crippen LogP contribution in [0.1, 0.15) is 25.7 Å². The number of urea groups is 1. The van der Waals surface area contributed by atoms with Gasteiger partial charge in [0.25, 0.3) is 0 Å². The number of carbonyl (C=O) groups excluding carboxylic acids is 1. The van der Waals surface area contributed by atoms with Gasteiger partial charge in [0, 0.05) is 44.7 Å². The molecule has 2 saturated heterocycles. The predicted molar refractivity (Wildman–Crippen MR) is 122 cm³/mol. The molecule has 7 nitrogen and oxygen atoms in total.